The summed E-state index contributed by atoms with van der Waals surface area (Å²) in [5.41, 5.74) is 0.645. The number of nitrogens with zero attached hydrogens (tertiary/aromatic N) is 2. The van der Waals surface area contributed by atoms with E-state index in [4.69, 9.17) is 9.47 Å². The molecule has 1 amide bonds. The Morgan fingerprint density at radius 2 is 1.55 bits per heavy atom. The highest BCUT2D eigenvalue weighted by Crippen LogP contribution is 2.46. The minimum Gasteiger partial charge on any atom is -0.506 e. The molecule has 1 unspecified atom stereocenters. The van der Waals surface area contributed by atoms with Gasteiger partial charge in [0.1, 0.15) is 34.5 Å². The summed E-state index contributed by atoms with van der Waals surface area (Å²) >= 11 is 0. The normalized spacial score (nSPS) is 16.6. The Hall–Kier alpha value is -4.40. The van der Waals surface area contributed by atoms with Crippen molar-refractivity contribution in [2.45, 2.75) is 19.9 Å². The summed E-state index contributed by atoms with van der Waals surface area (Å²) in [6.07, 6.45) is 0. The van der Waals surface area contributed by atoms with Crippen molar-refractivity contribution in [2.75, 3.05) is 37.1 Å². The number of methoxy groups -OCH3 is 2. The first-order chi connectivity index (χ1) is 18.3. The van der Waals surface area contributed by atoms with Crippen molar-refractivity contribution in [3.8, 4) is 11.5 Å². The minimum atomic E-state index is -1.26. The molecular formula is C29H28F2N2O5. The van der Waals surface area contributed by atoms with Crippen LogP contribution in [0.25, 0.3) is 5.76 Å². The van der Waals surface area contributed by atoms with Crippen LogP contribution in [0, 0.1) is 11.6 Å². The van der Waals surface area contributed by atoms with Gasteiger partial charge in [0.05, 0.1) is 31.5 Å². The molecule has 38 heavy (non-hydrogen) atoms. The lowest BCUT2D eigenvalue weighted by Gasteiger charge is -2.27. The van der Waals surface area contributed by atoms with E-state index in [2.05, 4.69) is 4.90 Å². The first-order valence-corrected chi connectivity index (χ1v) is 12.1. The number of aliphatic hydroxyl groups excluding tert-OH is 1. The number of carbonyl (C=O) groups excluding carboxylic acids is 2. The Labute approximate surface area is 219 Å². The molecule has 1 N–H and O–H groups in total. The molecule has 1 aliphatic rings. The van der Waals surface area contributed by atoms with Crippen LogP contribution < -0.4 is 19.3 Å². The van der Waals surface area contributed by atoms with Crippen molar-refractivity contribution >= 4 is 28.8 Å². The monoisotopic (exact) mass is 522 g/mol. The van der Waals surface area contributed by atoms with E-state index in [1.54, 1.807) is 30.3 Å². The van der Waals surface area contributed by atoms with Crippen LogP contribution in [0.2, 0.25) is 0 Å². The number of halogens is 2. The molecule has 0 spiro atoms. The zero-order valence-corrected chi connectivity index (χ0v) is 21.5. The molecule has 1 aliphatic heterocycles. The van der Waals surface area contributed by atoms with Crippen LogP contribution >= 0.6 is 0 Å². The van der Waals surface area contributed by atoms with Gasteiger partial charge in [-0.25, -0.2) is 8.78 Å². The Bertz CT molecular complexity index is 1380. The molecule has 1 saturated heterocycles. The van der Waals surface area contributed by atoms with Crippen molar-refractivity contribution in [1.29, 1.82) is 0 Å². The quantitative estimate of drug-likeness (QED) is 0.241. The summed E-state index contributed by atoms with van der Waals surface area (Å²) in [7, 11) is 2.77. The van der Waals surface area contributed by atoms with E-state index in [1.165, 1.54) is 14.2 Å². The van der Waals surface area contributed by atoms with Crippen molar-refractivity contribution in [1.82, 2.24) is 0 Å². The van der Waals surface area contributed by atoms with Gasteiger partial charge in [0, 0.05) is 24.8 Å². The maximum atomic E-state index is 15.0. The first kappa shape index (κ1) is 26.7. The van der Waals surface area contributed by atoms with E-state index in [9.17, 15) is 23.5 Å². The zero-order chi connectivity index (χ0) is 27.6. The summed E-state index contributed by atoms with van der Waals surface area (Å²) in [5.74, 6) is -4.02. The van der Waals surface area contributed by atoms with E-state index < -0.39 is 40.8 Å². The van der Waals surface area contributed by atoms with E-state index in [0.29, 0.717) is 5.56 Å². The minimum absolute atomic E-state index is 0.0555. The molecule has 0 aromatic heterocycles. The number of Topliss-reactive ketones (excluding diaryl/α,β-unsaturated/α-hetero) is 1. The number of carbonyl (C=O) groups is 2. The molecule has 7 nitrogen and oxygen atoms in total. The molecule has 0 aliphatic carbocycles. The van der Waals surface area contributed by atoms with Crippen molar-refractivity contribution in [2.24, 2.45) is 0 Å². The van der Waals surface area contributed by atoms with Crippen molar-refractivity contribution in [3.63, 3.8) is 0 Å². The van der Waals surface area contributed by atoms with Gasteiger partial charge in [-0.2, -0.15) is 0 Å². The van der Waals surface area contributed by atoms with Crippen LogP contribution in [-0.2, 0) is 9.59 Å². The number of ether oxygens (including phenoxy) is 2. The standard InChI is InChI=1S/C29H28F2N2O5/c1-5-32(6-2)19-13-10-17(11-14-19)26-25(27(34)24-22(37-3)8-7-9-23(24)38-4)28(35)29(36)33(26)21-16-18(30)12-15-20(21)31/h7-16,26,34H,5-6H2,1-4H3/b27-25+. The number of aliphatic hydroxyl groups is 1. The van der Waals surface area contributed by atoms with Crippen LogP contribution in [0.3, 0.4) is 0 Å². The fourth-order valence-electron chi connectivity index (χ4n) is 4.74. The summed E-state index contributed by atoms with van der Waals surface area (Å²) in [4.78, 5) is 29.8. The van der Waals surface area contributed by atoms with Crippen molar-refractivity contribution < 1.29 is 33.0 Å². The largest absolute Gasteiger partial charge is 0.506 e. The van der Waals surface area contributed by atoms with Crippen LogP contribution in [0.4, 0.5) is 20.2 Å². The first-order valence-electron chi connectivity index (χ1n) is 12.1. The fraction of sp³-hybridized carbons (Fsp3) is 0.241. The van der Waals surface area contributed by atoms with Gasteiger partial charge in [-0.1, -0.05) is 18.2 Å². The van der Waals surface area contributed by atoms with E-state index in [0.717, 1.165) is 41.9 Å². The lowest BCUT2D eigenvalue weighted by Crippen LogP contribution is -2.30. The van der Waals surface area contributed by atoms with E-state index in [1.807, 2.05) is 26.0 Å². The second-order valence-corrected chi connectivity index (χ2v) is 8.57. The Morgan fingerprint density at radius 1 is 0.947 bits per heavy atom. The number of rotatable bonds is 8. The van der Waals surface area contributed by atoms with Gasteiger partial charge in [-0.05, 0) is 55.8 Å². The summed E-state index contributed by atoms with van der Waals surface area (Å²) < 4.78 is 39.9. The van der Waals surface area contributed by atoms with Crippen LogP contribution in [0.1, 0.15) is 31.0 Å². The number of amides is 1. The third-order valence-corrected chi connectivity index (χ3v) is 6.61. The second-order valence-electron chi connectivity index (χ2n) is 8.57. The maximum absolute atomic E-state index is 15.0. The van der Waals surface area contributed by atoms with E-state index in [-0.39, 0.29) is 22.6 Å². The highest BCUT2D eigenvalue weighted by Gasteiger charge is 2.48. The molecule has 1 atom stereocenters. The van der Waals surface area contributed by atoms with Gasteiger partial charge >= 0.3 is 0 Å². The van der Waals surface area contributed by atoms with Crippen LogP contribution in [0.15, 0.2) is 66.2 Å². The number of ketones is 1. The molecule has 1 fully saturated rings. The molecule has 198 valence electrons. The number of anilines is 2. The van der Waals surface area contributed by atoms with E-state index >= 15 is 0 Å². The van der Waals surface area contributed by atoms with Gasteiger partial charge in [0.15, 0.2) is 0 Å². The Balaban J connectivity index is 2.00. The number of hydrogen-bond donors (Lipinski definition) is 1. The lowest BCUT2D eigenvalue weighted by atomic mass is 9.94. The third kappa shape index (κ3) is 4.55. The van der Waals surface area contributed by atoms with Gasteiger partial charge in [-0.15, -0.1) is 0 Å². The fourth-order valence-corrected chi connectivity index (χ4v) is 4.74. The van der Waals surface area contributed by atoms with Gasteiger partial charge in [0.2, 0.25) is 0 Å². The van der Waals surface area contributed by atoms with Gasteiger partial charge in [0.25, 0.3) is 11.7 Å². The summed E-state index contributed by atoms with van der Waals surface area (Å²) in [6, 6.07) is 13.2. The third-order valence-electron chi connectivity index (χ3n) is 6.61. The predicted octanol–water partition coefficient (Wildman–Crippen LogP) is 5.45. The SMILES string of the molecule is CCN(CC)c1ccc(C2/C(=C(\O)c3c(OC)cccc3OC)C(=O)C(=O)N2c2cc(F)ccc2F)cc1. The molecule has 0 bridgehead atoms. The van der Waals surface area contributed by atoms with Crippen LogP contribution in [0.5, 0.6) is 11.5 Å². The molecule has 0 radical (unpaired) electrons. The maximum Gasteiger partial charge on any atom is 0.300 e. The molecule has 4 rings (SSSR count). The molecular weight excluding hydrogens is 494 g/mol. The molecule has 0 saturated carbocycles. The zero-order valence-electron chi connectivity index (χ0n) is 21.5. The smallest absolute Gasteiger partial charge is 0.300 e. The summed E-state index contributed by atoms with van der Waals surface area (Å²) in [5, 5.41) is 11.5. The average molecular weight is 523 g/mol. The highest BCUT2D eigenvalue weighted by atomic mass is 19.1. The van der Waals surface area contributed by atoms with Gasteiger partial charge in [-0.3, -0.25) is 14.5 Å². The summed E-state index contributed by atoms with van der Waals surface area (Å²) in [6.45, 7) is 5.55. The molecule has 3 aromatic carbocycles. The Kier molecular flexibility index (Phi) is 7.66. The second kappa shape index (κ2) is 10.9. The Morgan fingerprint density at radius 3 is 2.11 bits per heavy atom. The molecule has 1 heterocycles. The number of hydrogen-bond acceptors (Lipinski definition) is 6. The van der Waals surface area contributed by atoms with Crippen LogP contribution in [-0.4, -0.2) is 44.1 Å². The topological polar surface area (TPSA) is 79.3 Å². The predicted molar refractivity (Wildman–Crippen MR) is 141 cm³/mol. The lowest BCUT2D eigenvalue weighted by molar-refractivity contribution is -0.132. The molecule has 9 heteroatoms. The number of benzene rings is 3. The molecule has 3 aromatic rings. The van der Waals surface area contributed by atoms with Crippen molar-refractivity contribution in [3.05, 3.63) is 89.0 Å². The van der Waals surface area contributed by atoms with Gasteiger partial charge < -0.3 is 19.5 Å². The highest BCUT2D eigenvalue weighted by molar-refractivity contribution is 6.51. The average Bonchev–Trinajstić information content (AvgIpc) is 3.20.